The summed E-state index contributed by atoms with van der Waals surface area (Å²) in [5.41, 5.74) is 2.99. The van der Waals surface area contributed by atoms with Gasteiger partial charge in [-0.3, -0.25) is 13.9 Å². The van der Waals surface area contributed by atoms with Crippen molar-refractivity contribution in [2.24, 2.45) is 0 Å². The van der Waals surface area contributed by atoms with Gasteiger partial charge in [-0.25, -0.2) is 8.42 Å². The number of carbonyl (C=O) groups excluding carboxylic acids is 2. The predicted molar refractivity (Wildman–Crippen MR) is 179 cm³/mol. The molecule has 44 heavy (non-hydrogen) atoms. The minimum absolute atomic E-state index is 0.0310. The van der Waals surface area contributed by atoms with Crippen LogP contribution in [0.2, 0.25) is 10.0 Å². The molecule has 0 bridgehead atoms. The average Bonchev–Trinajstić information content (AvgIpc) is 2.99. The highest BCUT2D eigenvalue weighted by molar-refractivity contribution is 7.92. The number of benzene rings is 3. The Kier molecular flexibility index (Phi) is 11.7. The van der Waals surface area contributed by atoms with Gasteiger partial charge in [0.15, 0.2) is 0 Å². The minimum Gasteiger partial charge on any atom is -0.352 e. The van der Waals surface area contributed by atoms with Crippen molar-refractivity contribution >= 4 is 50.7 Å². The Morgan fingerprint density at radius 3 is 2.14 bits per heavy atom. The van der Waals surface area contributed by atoms with E-state index in [2.05, 4.69) is 19.2 Å². The van der Waals surface area contributed by atoms with E-state index >= 15 is 0 Å². The number of sulfonamides is 1. The Morgan fingerprint density at radius 2 is 1.55 bits per heavy atom. The van der Waals surface area contributed by atoms with Crippen LogP contribution in [0.4, 0.5) is 5.69 Å². The number of anilines is 1. The van der Waals surface area contributed by atoms with Gasteiger partial charge in [0.25, 0.3) is 0 Å². The highest BCUT2D eigenvalue weighted by Gasteiger charge is 2.34. The molecule has 1 fully saturated rings. The van der Waals surface area contributed by atoms with Crippen LogP contribution in [0.25, 0.3) is 0 Å². The molecule has 0 saturated heterocycles. The molecule has 0 heterocycles. The molecule has 3 aromatic rings. The van der Waals surface area contributed by atoms with Gasteiger partial charge in [-0.05, 0) is 59.7 Å². The molecule has 1 aliphatic rings. The van der Waals surface area contributed by atoms with Crippen LogP contribution in [0.5, 0.6) is 0 Å². The SMILES string of the molecule is CC(C)c1ccc(N(CC(=O)N(Cc2ccc(Cl)c(Cl)c2)[C@@H](Cc2ccccc2)C(=O)NC2CCCCC2)S(C)(=O)=O)cc1. The van der Waals surface area contributed by atoms with Crippen LogP contribution in [-0.2, 0) is 32.6 Å². The van der Waals surface area contributed by atoms with E-state index in [9.17, 15) is 18.0 Å². The zero-order chi connectivity index (χ0) is 31.9. The lowest BCUT2D eigenvalue weighted by Gasteiger charge is -2.35. The van der Waals surface area contributed by atoms with Crippen molar-refractivity contribution in [3.05, 3.63) is 99.5 Å². The van der Waals surface area contributed by atoms with E-state index < -0.39 is 28.5 Å². The molecule has 1 N–H and O–H groups in total. The van der Waals surface area contributed by atoms with Crippen molar-refractivity contribution in [1.82, 2.24) is 10.2 Å². The highest BCUT2D eigenvalue weighted by Crippen LogP contribution is 2.26. The summed E-state index contributed by atoms with van der Waals surface area (Å²) in [6.07, 6.45) is 6.34. The summed E-state index contributed by atoms with van der Waals surface area (Å²) in [5, 5.41) is 3.90. The topological polar surface area (TPSA) is 86.8 Å². The zero-order valence-corrected chi connectivity index (χ0v) is 27.8. The van der Waals surface area contributed by atoms with Crippen molar-refractivity contribution in [3.8, 4) is 0 Å². The Bertz CT molecular complexity index is 1530. The Labute approximate surface area is 271 Å². The van der Waals surface area contributed by atoms with Gasteiger partial charge < -0.3 is 10.2 Å². The minimum atomic E-state index is -3.85. The van der Waals surface area contributed by atoms with E-state index in [1.807, 2.05) is 42.5 Å². The molecule has 4 rings (SSSR count). The normalized spacial score (nSPS) is 14.7. The molecule has 10 heteroatoms. The van der Waals surface area contributed by atoms with E-state index in [1.54, 1.807) is 30.3 Å². The quantitative estimate of drug-likeness (QED) is 0.228. The second-order valence-corrected chi connectivity index (χ2v) is 14.6. The first-order valence-electron chi connectivity index (χ1n) is 15.1. The predicted octanol–water partition coefficient (Wildman–Crippen LogP) is 6.97. The fourth-order valence-electron chi connectivity index (χ4n) is 5.57. The number of hydrogen-bond acceptors (Lipinski definition) is 4. The third kappa shape index (κ3) is 9.22. The number of carbonyl (C=O) groups is 2. The molecule has 3 aromatic carbocycles. The van der Waals surface area contributed by atoms with E-state index in [1.165, 1.54) is 4.90 Å². The molecule has 0 aromatic heterocycles. The maximum Gasteiger partial charge on any atom is 0.244 e. The fraction of sp³-hybridized carbons (Fsp3) is 0.412. The number of hydrogen-bond donors (Lipinski definition) is 1. The third-order valence-electron chi connectivity index (χ3n) is 8.09. The molecule has 1 saturated carbocycles. The van der Waals surface area contributed by atoms with E-state index in [4.69, 9.17) is 23.2 Å². The van der Waals surface area contributed by atoms with Gasteiger partial charge in [-0.15, -0.1) is 0 Å². The average molecular weight is 659 g/mol. The van der Waals surface area contributed by atoms with Gasteiger partial charge in [0.05, 0.1) is 22.0 Å². The smallest absolute Gasteiger partial charge is 0.244 e. The monoisotopic (exact) mass is 657 g/mol. The van der Waals surface area contributed by atoms with Crippen LogP contribution in [-0.4, -0.2) is 50.0 Å². The highest BCUT2D eigenvalue weighted by atomic mass is 35.5. The van der Waals surface area contributed by atoms with Crippen molar-refractivity contribution in [1.29, 1.82) is 0 Å². The van der Waals surface area contributed by atoms with Gasteiger partial charge in [-0.1, -0.05) is 105 Å². The number of nitrogens with one attached hydrogen (secondary N) is 1. The summed E-state index contributed by atoms with van der Waals surface area (Å²) in [4.78, 5) is 29.8. The summed E-state index contributed by atoms with van der Waals surface area (Å²) in [7, 11) is -3.85. The lowest BCUT2D eigenvalue weighted by Crippen LogP contribution is -2.55. The van der Waals surface area contributed by atoms with Gasteiger partial charge in [0, 0.05) is 19.0 Å². The number of amides is 2. The fourth-order valence-corrected chi connectivity index (χ4v) is 6.74. The Hall–Kier alpha value is -3.07. The summed E-state index contributed by atoms with van der Waals surface area (Å²) in [6.45, 7) is 3.68. The first-order valence-corrected chi connectivity index (χ1v) is 17.7. The summed E-state index contributed by atoms with van der Waals surface area (Å²) < 4.78 is 27.2. The largest absolute Gasteiger partial charge is 0.352 e. The molecule has 1 aliphatic carbocycles. The molecule has 0 aliphatic heterocycles. The van der Waals surface area contributed by atoms with Crippen molar-refractivity contribution in [2.75, 3.05) is 17.1 Å². The maximum absolute atomic E-state index is 14.3. The molecule has 2 amide bonds. The third-order valence-corrected chi connectivity index (χ3v) is 9.97. The van der Waals surface area contributed by atoms with E-state index in [-0.39, 0.29) is 30.8 Å². The maximum atomic E-state index is 14.3. The lowest BCUT2D eigenvalue weighted by atomic mass is 9.94. The van der Waals surface area contributed by atoms with E-state index in [0.717, 1.165) is 53.8 Å². The van der Waals surface area contributed by atoms with Gasteiger partial charge in [0.2, 0.25) is 21.8 Å². The van der Waals surface area contributed by atoms with Crippen LogP contribution < -0.4 is 9.62 Å². The van der Waals surface area contributed by atoms with E-state index in [0.29, 0.717) is 21.3 Å². The van der Waals surface area contributed by atoms with Crippen molar-refractivity contribution in [2.45, 2.75) is 76.9 Å². The van der Waals surface area contributed by atoms with Crippen LogP contribution in [0.3, 0.4) is 0 Å². The Balaban J connectivity index is 1.73. The van der Waals surface area contributed by atoms with Crippen LogP contribution in [0.15, 0.2) is 72.8 Å². The molecule has 0 spiro atoms. The Morgan fingerprint density at radius 1 is 0.886 bits per heavy atom. The summed E-state index contributed by atoms with van der Waals surface area (Å²) in [5.74, 6) is -0.504. The zero-order valence-electron chi connectivity index (χ0n) is 25.5. The number of nitrogens with zero attached hydrogens (tertiary/aromatic N) is 2. The van der Waals surface area contributed by atoms with Crippen LogP contribution in [0, 0.1) is 0 Å². The summed E-state index contributed by atoms with van der Waals surface area (Å²) >= 11 is 12.5. The van der Waals surface area contributed by atoms with Gasteiger partial charge in [-0.2, -0.15) is 0 Å². The molecular formula is C34H41Cl2N3O4S. The molecule has 1 atom stereocenters. The van der Waals surface area contributed by atoms with Crippen molar-refractivity contribution < 1.29 is 18.0 Å². The summed E-state index contributed by atoms with van der Waals surface area (Å²) in [6, 6.07) is 20.9. The van der Waals surface area contributed by atoms with Gasteiger partial charge in [0.1, 0.15) is 12.6 Å². The molecule has 0 unspecified atom stereocenters. The second kappa shape index (κ2) is 15.3. The van der Waals surface area contributed by atoms with Gasteiger partial charge >= 0.3 is 0 Å². The molecule has 7 nitrogen and oxygen atoms in total. The van der Waals surface area contributed by atoms with Crippen LogP contribution in [0.1, 0.15) is 68.6 Å². The van der Waals surface area contributed by atoms with Crippen molar-refractivity contribution in [3.63, 3.8) is 0 Å². The lowest BCUT2D eigenvalue weighted by molar-refractivity contribution is -0.140. The van der Waals surface area contributed by atoms with Crippen LogP contribution >= 0.6 is 23.2 Å². The molecule has 0 radical (unpaired) electrons. The first kappa shape index (κ1) is 33.8. The molecule has 236 valence electrons. The first-order chi connectivity index (χ1) is 20.9. The second-order valence-electron chi connectivity index (χ2n) is 11.8. The standard InChI is InChI=1S/C34H41Cl2N3O4S/c1-24(2)27-15-17-29(18-16-27)39(44(3,42)43)23-33(40)38(22-26-14-19-30(35)31(36)20-26)32(21-25-10-6-4-7-11-25)34(41)37-28-12-8-5-9-13-28/h4,6-7,10-11,14-20,24,28,32H,5,8-9,12-13,21-23H2,1-3H3,(H,37,41)/t32-/m0/s1. The molecular weight excluding hydrogens is 617 g/mol. The number of rotatable bonds is 12. The number of halogens is 2.